The number of rotatable bonds is 7. The van der Waals surface area contributed by atoms with Crippen molar-refractivity contribution in [1.82, 2.24) is 9.88 Å². The summed E-state index contributed by atoms with van der Waals surface area (Å²) in [4.78, 5) is 6.55. The number of furan rings is 1. The number of benzene rings is 1. The van der Waals surface area contributed by atoms with Crippen molar-refractivity contribution in [3.8, 4) is 0 Å². The molecule has 3 aromatic rings. The summed E-state index contributed by atoms with van der Waals surface area (Å²) in [7, 11) is 0. The molecule has 1 aliphatic rings. The fourth-order valence-electron chi connectivity index (χ4n) is 3.39. The first-order chi connectivity index (χ1) is 12.2. The maximum atomic E-state index is 9.94. The summed E-state index contributed by atoms with van der Waals surface area (Å²) in [6.45, 7) is 1.60. The molecule has 1 saturated carbocycles. The molecule has 1 unspecified atom stereocenters. The lowest BCUT2D eigenvalue weighted by atomic mass is 10.1. The Balaban J connectivity index is 1.59. The fraction of sp³-hybridized carbons (Fsp3) is 0.350. The van der Waals surface area contributed by atoms with Gasteiger partial charge >= 0.3 is 0 Å². The Morgan fingerprint density at radius 1 is 1.20 bits per heavy atom. The fourth-order valence-corrected chi connectivity index (χ4v) is 3.55. The number of aliphatic hydroxyl groups is 1. The van der Waals surface area contributed by atoms with Crippen molar-refractivity contribution in [3.05, 3.63) is 65.0 Å². The Morgan fingerprint density at radius 2 is 2.00 bits per heavy atom. The quantitative estimate of drug-likeness (QED) is 0.687. The van der Waals surface area contributed by atoms with Gasteiger partial charge in [-0.3, -0.25) is 4.90 Å². The van der Waals surface area contributed by atoms with Crippen LogP contribution in [0.2, 0.25) is 5.02 Å². The third kappa shape index (κ3) is 3.87. The van der Waals surface area contributed by atoms with Crippen molar-refractivity contribution in [2.45, 2.75) is 32.0 Å². The molecule has 0 bridgehead atoms. The molecule has 130 valence electrons. The molecule has 0 spiro atoms. The van der Waals surface area contributed by atoms with Crippen LogP contribution in [0, 0.1) is 5.92 Å². The van der Waals surface area contributed by atoms with E-state index in [1.807, 2.05) is 30.3 Å². The molecule has 1 N–H and O–H groups in total. The van der Waals surface area contributed by atoms with Crippen LogP contribution < -0.4 is 0 Å². The summed E-state index contributed by atoms with van der Waals surface area (Å²) in [5.74, 6) is 1.42. The molecule has 0 radical (unpaired) electrons. The molecule has 2 heterocycles. The third-order valence-corrected chi connectivity index (χ3v) is 5.01. The van der Waals surface area contributed by atoms with Crippen LogP contribution in [0.1, 0.15) is 24.2 Å². The summed E-state index contributed by atoms with van der Waals surface area (Å²) in [6, 6.07) is 14.4. The van der Waals surface area contributed by atoms with Gasteiger partial charge in [-0.1, -0.05) is 41.9 Å². The van der Waals surface area contributed by atoms with Gasteiger partial charge in [0, 0.05) is 24.2 Å². The molecular weight excluding hydrogens is 336 g/mol. The molecule has 4 rings (SSSR count). The predicted molar refractivity (Wildman–Crippen MR) is 98.3 cm³/mol. The number of hydrogen-bond acceptors (Lipinski definition) is 4. The Bertz CT molecular complexity index is 845. The standard InChI is InChI=1S/C20H21ClN2O2/c21-17-8-16-9-18(25-20(16)22-10-17)12-23(19(13-24)15-6-7-15)11-14-4-2-1-3-5-14/h1-5,8-10,15,19,24H,6-7,11-13H2. The van der Waals surface area contributed by atoms with E-state index in [-0.39, 0.29) is 12.6 Å². The van der Waals surface area contributed by atoms with Crippen molar-refractivity contribution < 1.29 is 9.52 Å². The van der Waals surface area contributed by atoms with Crippen LogP contribution in [0.5, 0.6) is 0 Å². The first-order valence-electron chi connectivity index (χ1n) is 8.66. The Hall–Kier alpha value is -1.88. The molecule has 4 nitrogen and oxygen atoms in total. The number of nitrogens with zero attached hydrogens (tertiary/aromatic N) is 2. The first kappa shape index (κ1) is 16.6. The van der Waals surface area contributed by atoms with Gasteiger partial charge in [-0.25, -0.2) is 4.98 Å². The second-order valence-corrected chi connectivity index (χ2v) is 7.17. The number of aliphatic hydroxyl groups excluding tert-OH is 1. The highest BCUT2D eigenvalue weighted by molar-refractivity contribution is 6.31. The zero-order valence-corrected chi connectivity index (χ0v) is 14.7. The lowest BCUT2D eigenvalue weighted by molar-refractivity contribution is 0.0887. The van der Waals surface area contributed by atoms with E-state index in [9.17, 15) is 5.11 Å². The van der Waals surface area contributed by atoms with E-state index in [1.54, 1.807) is 6.20 Å². The van der Waals surface area contributed by atoms with Crippen molar-refractivity contribution in [3.63, 3.8) is 0 Å². The number of fused-ring (bicyclic) bond motifs is 1. The Kier molecular flexibility index (Phi) is 4.75. The van der Waals surface area contributed by atoms with Crippen molar-refractivity contribution >= 4 is 22.7 Å². The Labute approximate surface area is 152 Å². The van der Waals surface area contributed by atoms with Crippen LogP contribution >= 0.6 is 11.6 Å². The number of hydrogen-bond donors (Lipinski definition) is 1. The summed E-state index contributed by atoms with van der Waals surface area (Å²) >= 11 is 6.02. The normalized spacial score (nSPS) is 15.8. The molecule has 2 aromatic heterocycles. The minimum absolute atomic E-state index is 0.157. The lowest BCUT2D eigenvalue weighted by Crippen LogP contribution is -2.38. The summed E-state index contributed by atoms with van der Waals surface area (Å²) in [6.07, 6.45) is 3.97. The van der Waals surface area contributed by atoms with E-state index in [1.165, 1.54) is 18.4 Å². The molecule has 1 aromatic carbocycles. The van der Waals surface area contributed by atoms with Gasteiger partial charge < -0.3 is 9.52 Å². The SMILES string of the molecule is OCC(C1CC1)N(Cc1ccccc1)Cc1cc2cc(Cl)cnc2o1. The molecule has 0 amide bonds. The second kappa shape index (κ2) is 7.16. The summed E-state index contributed by atoms with van der Waals surface area (Å²) < 4.78 is 5.89. The zero-order valence-electron chi connectivity index (χ0n) is 13.9. The van der Waals surface area contributed by atoms with Crippen LogP contribution in [-0.4, -0.2) is 27.6 Å². The molecule has 0 saturated heterocycles. The highest BCUT2D eigenvalue weighted by Gasteiger charge is 2.35. The van der Waals surface area contributed by atoms with E-state index in [2.05, 4.69) is 22.0 Å². The predicted octanol–water partition coefficient (Wildman–Crippen LogP) is 4.25. The van der Waals surface area contributed by atoms with Gasteiger partial charge in [-0.05, 0) is 36.5 Å². The molecule has 1 aliphatic carbocycles. The molecular formula is C20H21ClN2O2. The lowest BCUT2D eigenvalue weighted by Gasteiger charge is -2.30. The summed E-state index contributed by atoms with van der Waals surface area (Å²) in [5.41, 5.74) is 1.84. The van der Waals surface area contributed by atoms with E-state index >= 15 is 0 Å². The van der Waals surface area contributed by atoms with Gasteiger partial charge in [0.15, 0.2) is 0 Å². The largest absolute Gasteiger partial charge is 0.441 e. The highest BCUT2D eigenvalue weighted by Crippen LogP contribution is 2.36. The highest BCUT2D eigenvalue weighted by atomic mass is 35.5. The maximum Gasteiger partial charge on any atom is 0.226 e. The molecule has 5 heteroatoms. The van der Waals surface area contributed by atoms with Crippen LogP contribution in [0.3, 0.4) is 0 Å². The van der Waals surface area contributed by atoms with E-state index < -0.39 is 0 Å². The minimum Gasteiger partial charge on any atom is -0.441 e. The second-order valence-electron chi connectivity index (χ2n) is 6.74. The maximum absolute atomic E-state index is 9.94. The van der Waals surface area contributed by atoms with Crippen LogP contribution in [0.15, 0.2) is 53.1 Å². The zero-order chi connectivity index (χ0) is 17.2. The monoisotopic (exact) mass is 356 g/mol. The number of pyridine rings is 1. The van der Waals surface area contributed by atoms with Crippen LogP contribution in [-0.2, 0) is 13.1 Å². The first-order valence-corrected chi connectivity index (χ1v) is 9.03. The van der Waals surface area contributed by atoms with Gasteiger partial charge in [0.2, 0.25) is 5.71 Å². The van der Waals surface area contributed by atoms with Crippen molar-refractivity contribution in [2.24, 2.45) is 5.92 Å². The molecule has 1 fully saturated rings. The van der Waals surface area contributed by atoms with E-state index in [0.717, 1.165) is 17.7 Å². The number of halogens is 1. The minimum atomic E-state index is 0.157. The van der Waals surface area contributed by atoms with E-state index in [0.29, 0.717) is 23.2 Å². The molecule has 25 heavy (non-hydrogen) atoms. The van der Waals surface area contributed by atoms with Crippen molar-refractivity contribution in [2.75, 3.05) is 6.61 Å². The van der Waals surface area contributed by atoms with Crippen molar-refractivity contribution in [1.29, 1.82) is 0 Å². The number of aromatic nitrogens is 1. The third-order valence-electron chi connectivity index (χ3n) is 4.80. The molecule has 0 aliphatic heterocycles. The van der Waals surface area contributed by atoms with Crippen LogP contribution in [0.25, 0.3) is 11.1 Å². The van der Waals surface area contributed by atoms with E-state index in [4.69, 9.17) is 16.0 Å². The summed E-state index contributed by atoms with van der Waals surface area (Å²) in [5, 5.41) is 11.5. The van der Waals surface area contributed by atoms with Crippen LogP contribution in [0.4, 0.5) is 0 Å². The topological polar surface area (TPSA) is 49.5 Å². The van der Waals surface area contributed by atoms with Gasteiger partial charge in [-0.2, -0.15) is 0 Å². The van der Waals surface area contributed by atoms with Gasteiger partial charge in [0.1, 0.15) is 5.76 Å². The Morgan fingerprint density at radius 3 is 2.72 bits per heavy atom. The average molecular weight is 357 g/mol. The smallest absolute Gasteiger partial charge is 0.226 e. The van der Waals surface area contributed by atoms with Gasteiger partial charge in [-0.15, -0.1) is 0 Å². The van der Waals surface area contributed by atoms with Gasteiger partial charge in [0.05, 0.1) is 18.2 Å². The van der Waals surface area contributed by atoms with Gasteiger partial charge in [0.25, 0.3) is 0 Å². The average Bonchev–Trinajstić information content (AvgIpc) is 3.36. The molecule has 1 atom stereocenters.